The molecule has 2 aliphatic rings. The van der Waals surface area contributed by atoms with Crippen molar-refractivity contribution >= 4 is 5.91 Å². The van der Waals surface area contributed by atoms with Gasteiger partial charge in [0.15, 0.2) is 5.69 Å². The summed E-state index contributed by atoms with van der Waals surface area (Å²) in [4.78, 5) is 15.1. The van der Waals surface area contributed by atoms with Gasteiger partial charge in [0.2, 0.25) is 0 Å². The van der Waals surface area contributed by atoms with Crippen LogP contribution >= 0.6 is 0 Å². The quantitative estimate of drug-likeness (QED) is 0.880. The smallest absolute Gasteiger partial charge is 0.274 e. The molecule has 5 nitrogen and oxygen atoms in total. The zero-order valence-corrected chi connectivity index (χ0v) is 15.9. The lowest BCUT2D eigenvalue weighted by Gasteiger charge is -2.31. The third-order valence-corrected chi connectivity index (χ3v) is 5.92. The zero-order chi connectivity index (χ0) is 18.8. The highest BCUT2D eigenvalue weighted by atomic mass is 19.1. The van der Waals surface area contributed by atoms with E-state index >= 15 is 0 Å². The molecule has 1 aliphatic heterocycles. The molecule has 6 heteroatoms. The van der Waals surface area contributed by atoms with Crippen molar-refractivity contribution in [1.29, 1.82) is 0 Å². The SMILES string of the molecule is CNCCC1CCN(C(=O)c2nn(-c3ccccc3F)c3c2CCC3)CC1. The van der Waals surface area contributed by atoms with Crippen molar-refractivity contribution in [1.82, 2.24) is 20.0 Å². The van der Waals surface area contributed by atoms with Gasteiger partial charge in [0.25, 0.3) is 5.91 Å². The second-order valence-electron chi connectivity index (χ2n) is 7.62. The molecule has 144 valence electrons. The number of fused-ring (bicyclic) bond motifs is 1. The van der Waals surface area contributed by atoms with E-state index in [9.17, 15) is 9.18 Å². The standard InChI is InChI=1S/C21H27FN4O/c1-23-12-9-15-10-13-25(14-11-15)21(27)20-16-5-4-8-18(16)26(24-20)19-7-3-2-6-17(19)22/h2-3,6-7,15,23H,4-5,8-14H2,1H3. The van der Waals surface area contributed by atoms with E-state index in [0.29, 0.717) is 17.3 Å². The van der Waals surface area contributed by atoms with Gasteiger partial charge in [-0.2, -0.15) is 5.10 Å². The van der Waals surface area contributed by atoms with E-state index in [1.807, 2.05) is 11.9 Å². The van der Waals surface area contributed by atoms with Gasteiger partial charge in [-0.25, -0.2) is 9.07 Å². The van der Waals surface area contributed by atoms with Gasteiger partial charge in [0.05, 0.1) is 0 Å². The van der Waals surface area contributed by atoms with Crippen molar-refractivity contribution in [2.24, 2.45) is 5.92 Å². The normalized spacial score (nSPS) is 17.3. The molecule has 2 heterocycles. The second-order valence-corrected chi connectivity index (χ2v) is 7.62. The van der Waals surface area contributed by atoms with Crippen molar-refractivity contribution in [2.75, 3.05) is 26.7 Å². The molecule has 1 aromatic carbocycles. The summed E-state index contributed by atoms with van der Waals surface area (Å²) in [6.07, 6.45) is 5.94. The van der Waals surface area contributed by atoms with Gasteiger partial charge in [-0.15, -0.1) is 0 Å². The Balaban J connectivity index is 1.56. The molecule has 1 aliphatic carbocycles. The van der Waals surface area contributed by atoms with Crippen LogP contribution in [0.15, 0.2) is 24.3 Å². The van der Waals surface area contributed by atoms with Crippen molar-refractivity contribution in [3.63, 3.8) is 0 Å². The Bertz CT molecular complexity index is 824. The molecule has 0 spiro atoms. The predicted molar refractivity (Wildman–Crippen MR) is 103 cm³/mol. The topological polar surface area (TPSA) is 50.2 Å². The van der Waals surface area contributed by atoms with Crippen LogP contribution in [0, 0.1) is 11.7 Å². The molecular formula is C21H27FN4O. The van der Waals surface area contributed by atoms with Crippen LogP contribution in [0.2, 0.25) is 0 Å². The van der Waals surface area contributed by atoms with E-state index in [4.69, 9.17) is 0 Å². The fraction of sp³-hybridized carbons (Fsp3) is 0.524. The Morgan fingerprint density at radius 1 is 1.26 bits per heavy atom. The number of piperidine rings is 1. The third-order valence-electron chi connectivity index (χ3n) is 5.92. The predicted octanol–water partition coefficient (Wildman–Crippen LogP) is 2.96. The third kappa shape index (κ3) is 3.50. The summed E-state index contributed by atoms with van der Waals surface area (Å²) < 4.78 is 15.9. The summed E-state index contributed by atoms with van der Waals surface area (Å²) in [6.45, 7) is 2.60. The highest BCUT2D eigenvalue weighted by Crippen LogP contribution is 2.30. The number of likely N-dealkylation sites (tertiary alicyclic amines) is 1. The summed E-state index contributed by atoms with van der Waals surface area (Å²) >= 11 is 0. The number of hydrogen-bond donors (Lipinski definition) is 1. The average Bonchev–Trinajstić information content (AvgIpc) is 3.30. The van der Waals surface area contributed by atoms with Gasteiger partial charge >= 0.3 is 0 Å². The fourth-order valence-corrected chi connectivity index (χ4v) is 4.35. The van der Waals surface area contributed by atoms with E-state index in [0.717, 1.165) is 69.4 Å². The number of carbonyl (C=O) groups excluding carboxylic acids is 1. The molecule has 1 N–H and O–H groups in total. The molecule has 0 unspecified atom stereocenters. The molecule has 4 rings (SSSR count). The van der Waals surface area contributed by atoms with Crippen molar-refractivity contribution in [3.8, 4) is 5.69 Å². The molecule has 27 heavy (non-hydrogen) atoms. The minimum atomic E-state index is -0.306. The number of nitrogens with zero attached hydrogens (tertiary/aromatic N) is 3. The van der Waals surface area contributed by atoms with Crippen molar-refractivity contribution in [3.05, 3.63) is 47.0 Å². The van der Waals surface area contributed by atoms with Gasteiger partial charge in [-0.05, 0) is 70.2 Å². The van der Waals surface area contributed by atoms with Crippen LogP contribution in [0.25, 0.3) is 5.69 Å². The minimum Gasteiger partial charge on any atom is -0.337 e. The first-order valence-corrected chi connectivity index (χ1v) is 9.98. The Morgan fingerprint density at radius 2 is 2.04 bits per heavy atom. The lowest BCUT2D eigenvalue weighted by Crippen LogP contribution is -2.39. The Morgan fingerprint density at radius 3 is 2.78 bits per heavy atom. The van der Waals surface area contributed by atoms with Gasteiger partial charge in [0, 0.05) is 24.3 Å². The lowest BCUT2D eigenvalue weighted by molar-refractivity contribution is 0.0679. The first-order valence-electron chi connectivity index (χ1n) is 9.98. The van der Waals surface area contributed by atoms with Crippen LogP contribution in [-0.4, -0.2) is 47.3 Å². The first kappa shape index (κ1) is 18.2. The zero-order valence-electron chi connectivity index (χ0n) is 15.9. The first-order chi connectivity index (χ1) is 13.2. The molecule has 1 fully saturated rings. The Kier molecular flexibility index (Phi) is 5.25. The fourth-order valence-electron chi connectivity index (χ4n) is 4.35. The number of rotatable bonds is 5. The van der Waals surface area contributed by atoms with E-state index < -0.39 is 0 Å². The van der Waals surface area contributed by atoms with Gasteiger partial charge in [-0.1, -0.05) is 12.1 Å². The van der Waals surface area contributed by atoms with Gasteiger partial charge in [-0.3, -0.25) is 4.79 Å². The molecule has 1 amide bonds. The molecule has 0 radical (unpaired) electrons. The van der Waals surface area contributed by atoms with Gasteiger partial charge < -0.3 is 10.2 Å². The Labute approximate surface area is 159 Å². The van der Waals surface area contributed by atoms with E-state index in [2.05, 4.69) is 10.4 Å². The van der Waals surface area contributed by atoms with Crippen LogP contribution in [0.5, 0.6) is 0 Å². The summed E-state index contributed by atoms with van der Waals surface area (Å²) in [7, 11) is 1.98. The highest BCUT2D eigenvalue weighted by molar-refractivity contribution is 5.94. The number of halogens is 1. The summed E-state index contributed by atoms with van der Waals surface area (Å²) in [6, 6.07) is 6.64. The van der Waals surface area contributed by atoms with Gasteiger partial charge in [0.1, 0.15) is 11.5 Å². The van der Waals surface area contributed by atoms with Crippen LogP contribution < -0.4 is 5.32 Å². The van der Waals surface area contributed by atoms with E-state index in [1.165, 1.54) is 6.07 Å². The molecule has 0 atom stereocenters. The maximum Gasteiger partial charge on any atom is 0.274 e. The maximum absolute atomic E-state index is 14.3. The van der Waals surface area contributed by atoms with Crippen LogP contribution in [0.1, 0.15) is 47.4 Å². The van der Waals surface area contributed by atoms with Crippen molar-refractivity contribution < 1.29 is 9.18 Å². The number of carbonyl (C=O) groups is 1. The largest absolute Gasteiger partial charge is 0.337 e. The summed E-state index contributed by atoms with van der Waals surface area (Å²) in [5.41, 5.74) is 2.97. The number of para-hydroxylation sites is 1. The number of amides is 1. The Hall–Kier alpha value is -2.21. The van der Waals surface area contributed by atoms with E-state index in [1.54, 1.807) is 22.9 Å². The number of benzene rings is 1. The van der Waals surface area contributed by atoms with Crippen LogP contribution in [0.4, 0.5) is 4.39 Å². The lowest BCUT2D eigenvalue weighted by atomic mass is 9.93. The van der Waals surface area contributed by atoms with Crippen LogP contribution in [-0.2, 0) is 12.8 Å². The van der Waals surface area contributed by atoms with Crippen molar-refractivity contribution in [2.45, 2.75) is 38.5 Å². The summed E-state index contributed by atoms with van der Waals surface area (Å²) in [5, 5.41) is 7.78. The number of hydrogen-bond acceptors (Lipinski definition) is 3. The summed E-state index contributed by atoms with van der Waals surface area (Å²) in [5.74, 6) is 0.387. The average molecular weight is 370 g/mol. The number of aromatic nitrogens is 2. The maximum atomic E-state index is 14.3. The van der Waals surface area contributed by atoms with E-state index in [-0.39, 0.29) is 11.7 Å². The molecule has 1 aromatic heterocycles. The molecule has 0 saturated carbocycles. The second kappa shape index (κ2) is 7.80. The molecular weight excluding hydrogens is 343 g/mol. The number of nitrogens with one attached hydrogen (secondary N) is 1. The molecule has 2 aromatic rings. The van der Waals surface area contributed by atoms with Crippen LogP contribution in [0.3, 0.4) is 0 Å². The molecule has 0 bridgehead atoms. The minimum absolute atomic E-state index is 0.00954. The molecule has 1 saturated heterocycles. The highest BCUT2D eigenvalue weighted by Gasteiger charge is 2.31. The monoisotopic (exact) mass is 370 g/mol.